The van der Waals surface area contributed by atoms with E-state index >= 15 is 0 Å². The molecule has 0 radical (unpaired) electrons. The zero-order chi connectivity index (χ0) is 21.2. The van der Waals surface area contributed by atoms with Crippen LogP contribution in [0.1, 0.15) is 11.1 Å². The number of hydrogen-bond donors (Lipinski definition) is 1. The van der Waals surface area contributed by atoms with Crippen molar-refractivity contribution < 1.29 is 23.7 Å². The maximum atomic E-state index is 12.4. The van der Waals surface area contributed by atoms with Crippen molar-refractivity contribution in [3.05, 3.63) is 53.1 Å². The third-order valence-corrected chi connectivity index (χ3v) is 4.20. The highest BCUT2D eigenvalue weighted by molar-refractivity contribution is 6.01. The van der Waals surface area contributed by atoms with E-state index in [0.717, 1.165) is 5.56 Å². The molecule has 2 aromatic carbocycles. The first kappa shape index (κ1) is 21.6. The minimum atomic E-state index is -0.449. The Balaban J connectivity index is 2.05. The maximum Gasteiger partial charge on any atom is 0.261 e. The number of methoxy groups -OCH3 is 4. The second kappa shape index (κ2) is 10.6. The van der Waals surface area contributed by atoms with Crippen molar-refractivity contribution in [3.8, 4) is 29.1 Å². The Morgan fingerprint density at radius 2 is 1.62 bits per heavy atom. The van der Waals surface area contributed by atoms with Crippen molar-refractivity contribution >= 4 is 12.0 Å². The first-order valence-electron chi connectivity index (χ1n) is 8.88. The molecule has 0 aromatic heterocycles. The Bertz CT molecular complexity index is 909. The molecule has 1 N–H and O–H groups in total. The molecule has 1 amide bonds. The van der Waals surface area contributed by atoms with Gasteiger partial charge in [0.25, 0.3) is 5.91 Å². The van der Waals surface area contributed by atoms with Gasteiger partial charge in [0.2, 0.25) is 0 Å². The van der Waals surface area contributed by atoms with Crippen molar-refractivity contribution in [2.24, 2.45) is 0 Å². The summed E-state index contributed by atoms with van der Waals surface area (Å²) in [5, 5.41) is 12.1. The van der Waals surface area contributed by atoms with Crippen LogP contribution in [0.5, 0.6) is 23.0 Å². The van der Waals surface area contributed by atoms with Crippen molar-refractivity contribution in [1.29, 1.82) is 5.26 Å². The standard InChI is InChI=1S/C22H24N2O5/c1-26-18-10-16(11-19(13-18)27-2)9-17(14-23)22(25)24-8-7-15-5-6-20(28-3)21(12-15)29-4/h5-6,9-13H,7-8H2,1-4H3,(H,24,25)/b17-9+. The molecule has 29 heavy (non-hydrogen) atoms. The Labute approximate surface area is 170 Å². The number of ether oxygens (including phenoxy) is 4. The molecule has 7 heteroatoms. The van der Waals surface area contributed by atoms with Gasteiger partial charge in [-0.05, 0) is 47.9 Å². The number of rotatable bonds is 9. The van der Waals surface area contributed by atoms with Crippen LogP contribution in [0.2, 0.25) is 0 Å². The molecule has 0 aliphatic carbocycles. The highest BCUT2D eigenvalue weighted by Gasteiger charge is 2.10. The summed E-state index contributed by atoms with van der Waals surface area (Å²) in [7, 11) is 6.22. The van der Waals surface area contributed by atoms with Crippen molar-refractivity contribution in [2.75, 3.05) is 35.0 Å². The molecule has 7 nitrogen and oxygen atoms in total. The van der Waals surface area contributed by atoms with E-state index < -0.39 is 5.91 Å². The highest BCUT2D eigenvalue weighted by Crippen LogP contribution is 2.27. The summed E-state index contributed by atoms with van der Waals surface area (Å²) in [5.74, 6) is 1.96. The Morgan fingerprint density at radius 3 is 2.17 bits per heavy atom. The largest absolute Gasteiger partial charge is 0.497 e. The first-order chi connectivity index (χ1) is 14.0. The van der Waals surface area contributed by atoms with E-state index in [-0.39, 0.29) is 5.57 Å². The topological polar surface area (TPSA) is 89.8 Å². The maximum absolute atomic E-state index is 12.4. The van der Waals surface area contributed by atoms with E-state index in [4.69, 9.17) is 18.9 Å². The van der Waals surface area contributed by atoms with Gasteiger partial charge in [-0.1, -0.05) is 6.07 Å². The number of carbonyl (C=O) groups is 1. The zero-order valence-corrected chi connectivity index (χ0v) is 16.9. The summed E-state index contributed by atoms with van der Waals surface area (Å²) in [6.07, 6.45) is 2.08. The molecule has 2 rings (SSSR count). The number of nitriles is 1. The molecule has 0 aliphatic rings. The van der Waals surface area contributed by atoms with E-state index in [9.17, 15) is 10.1 Å². The van der Waals surface area contributed by atoms with Crippen molar-refractivity contribution in [3.63, 3.8) is 0 Å². The summed E-state index contributed by atoms with van der Waals surface area (Å²) >= 11 is 0. The molecule has 0 saturated carbocycles. The second-order valence-electron chi connectivity index (χ2n) is 6.01. The fourth-order valence-electron chi connectivity index (χ4n) is 2.68. The van der Waals surface area contributed by atoms with Crippen LogP contribution in [0.15, 0.2) is 42.0 Å². The first-order valence-corrected chi connectivity index (χ1v) is 8.88. The average molecular weight is 396 g/mol. The average Bonchev–Trinajstić information content (AvgIpc) is 2.76. The highest BCUT2D eigenvalue weighted by atomic mass is 16.5. The van der Waals surface area contributed by atoms with E-state index in [2.05, 4.69) is 5.32 Å². The number of benzene rings is 2. The van der Waals surface area contributed by atoms with Gasteiger partial charge >= 0.3 is 0 Å². The quantitative estimate of drug-likeness (QED) is 0.518. The van der Waals surface area contributed by atoms with E-state index in [1.165, 1.54) is 20.3 Å². The lowest BCUT2D eigenvalue weighted by Gasteiger charge is -2.10. The molecule has 0 heterocycles. The lowest BCUT2D eigenvalue weighted by Crippen LogP contribution is -2.26. The second-order valence-corrected chi connectivity index (χ2v) is 6.01. The number of amides is 1. The van der Waals surface area contributed by atoms with E-state index in [0.29, 0.717) is 41.5 Å². The van der Waals surface area contributed by atoms with Crippen LogP contribution < -0.4 is 24.3 Å². The molecule has 0 atom stereocenters. The van der Waals surface area contributed by atoms with Crippen molar-refractivity contribution in [1.82, 2.24) is 5.32 Å². The minimum absolute atomic E-state index is 0.00684. The number of nitrogens with one attached hydrogen (secondary N) is 1. The SMILES string of the molecule is COc1cc(/C=C(\C#N)C(=O)NCCc2ccc(OC)c(OC)c2)cc(OC)c1. The third-order valence-electron chi connectivity index (χ3n) is 4.20. The fraction of sp³-hybridized carbons (Fsp3) is 0.273. The molecule has 0 bridgehead atoms. The summed E-state index contributed by atoms with van der Waals surface area (Å²) < 4.78 is 20.9. The van der Waals surface area contributed by atoms with Crippen LogP contribution >= 0.6 is 0 Å². The van der Waals surface area contributed by atoms with Gasteiger partial charge in [-0.2, -0.15) is 5.26 Å². The van der Waals surface area contributed by atoms with Gasteiger partial charge < -0.3 is 24.3 Å². The van der Waals surface area contributed by atoms with Gasteiger partial charge in [-0.15, -0.1) is 0 Å². The van der Waals surface area contributed by atoms with Crippen LogP contribution in [0.25, 0.3) is 6.08 Å². The molecule has 0 saturated heterocycles. The summed E-state index contributed by atoms with van der Waals surface area (Å²) in [5.41, 5.74) is 1.60. The lowest BCUT2D eigenvalue weighted by molar-refractivity contribution is -0.117. The van der Waals surface area contributed by atoms with Crippen LogP contribution in [-0.4, -0.2) is 40.9 Å². The lowest BCUT2D eigenvalue weighted by atomic mass is 10.1. The molecular formula is C22H24N2O5. The predicted molar refractivity (Wildman–Crippen MR) is 109 cm³/mol. The molecule has 2 aromatic rings. The normalized spacial score (nSPS) is 10.7. The molecule has 152 valence electrons. The Hall–Kier alpha value is -3.66. The van der Waals surface area contributed by atoms with Gasteiger partial charge in [-0.3, -0.25) is 4.79 Å². The van der Waals surface area contributed by atoms with Crippen LogP contribution in [-0.2, 0) is 11.2 Å². The predicted octanol–water partition coefficient (Wildman–Crippen LogP) is 2.99. The number of nitrogens with zero attached hydrogens (tertiary/aromatic N) is 1. The number of hydrogen-bond acceptors (Lipinski definition) is 6. The molecule has 0 unspecified atom stereocenters. The third kappa shape index (κ3) is 5.91. The Kier molecular flexibility index (Phi) is 7.92. The van der Waals surface area contributed by atoms with Gasteiger partial charge in [0, 0.05) is 12.6 Å². The monoisotopic (exact) mass is 396 g/mol. The summed E-state index contributed by atoms with van der Waals surface area (Å²) in [6, 6.07) is 12.7. The fourth-order valence-corrected chi connectivity index (χ4v) is 2.68. The van der Waals surface area contributed by atoms with Crippen LogP contribution in [0, 0.1) is 11.3 Å². The van der Waals surface area contributed by atoms with Gasteiger partial charge in [-0.25, -0.2) is 0 Å². The van der Waals surface area contributed by atoms with E-state index in [1.807, 2.05) is 24.3 Å². The molecule has 0 spiro atoms. The molecule has 0 fully saturated rings. The van der Waals surface area contributed by atoms with Crippen LogP contribution in [0.4, 0.5) is 0 Å². The molecule has 0 aliphatic heterocycles. The van der Waals surface area contributed by atoms with Gasteiger partial charge in [0.15, 0.2) is 11.5 Å². The van der Waals surface area contributed by atoms with Crippen molar-refractivity contribution in [2.45, 2.75) is 6.42 Å². The van der Waals surface area contributed by atoms with E-state index in [1.54, 1.807) is 32.4 Å². The summed E-state index contributed by atoms with van der Waals surface area (Å²) in [4.78, 5) is 12.4. The smallest absolute Gasteiger partial charge is 0.261 e. The van der Waals surface area contributed by atoms with Gasteiger partial charge in [0.1, 0.15) is 23.1 Å². The Morgan fingerprint density at radius 1 is 0.966 bits per heavy atom. The summed E-state index contributed by atoms with van der Waals surface area (Å²) in [6.45, 7) is 0.370. The van der Waals surface area contributed by atoms with Crippen LogP contribution in [0.3, 0.4) is 0 Å². The minimum Gasteiger partial charge on any atom is -0.497 e. The zero-order valence-electron chi connectivity index (χ0n) is 16.9. The van der Waals surface area contributed by atoms with Gasteiger partial charge in [0.05, 0.1) is 28.4 Å². The molecular weight excluding hydrogens is 372 g/mol. The number of carbonyl (C=O) groups excluding carboxylic acids is 1.